The molecule has 8 heteroatoms. The fraction of sp³-hybridized carbons (Fsp3) is 0.385. The highest BCUT2D eigenvalue weighted by molar-refractivity contribution is 7.89. The maximum atomic E-state index is 13.1. The van der Waals surface area contributed by atoms with Gasteiger partial charge in [-0.25, -0.2) is 12.8 Å². The molecule has 2 heterocycles. The molecule has 0 N–H and O–H groups in total. The lowest BCUT2D eigenvalue weighted by atomic mass is 10.1. The van der Waals surface area contributed by atoms with Crippen molar-refractivity contribution in [3.05, 3.63) is 41.8 Å². The molecule has 0 amide bonds. The Kier molecular flexibility index (Phi) is 3.50. The quantitative estimate of drug-likeness (QED) is 0.862. The second kappa shape index (κ2) is 5.19. The highest BCUT2D eigenvalue weighted by atomic mass is 32.2. The third-order valence-electron chi connectivity index (χ3n) is 3.65. The molecule has 6 nitrogen and oxygen atoms in total. The van der Waals surface area contributed by atoms with E-state index in [1.807, 2.05) is 0 Å². The standard InChI is InChI=1S/C13H14FN3O3S/c1-9-6-11(14)2-3-12(9)21(18,19)17-5-4-10(7-17)13-15-8-20-16-13/h2-3,6,8,10H,4-5,7H2,1H3. The lowest BCUT2D eigenvalue weighted by Gasteiger charge is -2.17. The van der Waals surface area contributed by atoms with Crippen LogP contribution in [0, 0.1) is 12.7 Å². The van der Waals surface area contributed by atoms with Gasteiger partial charge in [-0.1, -0.05) is 5.16 Å². The number of hydrogen-bond acceptors (Lipinski definition) is 5. The Hall–Kier alpha value is -1.80. The third-order valence-corrected chi connectivity index (χ3v) is 5.67. The summed E-state index contributed by atoms with van der Waals surface area (Å²) in [4.78, 5) is 4.10. The molecule has 1 saturated heterocycles. The van der Waals surface area contributed by atoms with Gasteiger partial charge in [-0.2, -0.15) is 9.29 Å². The van der Waals surface area contributed by atoms with Gasteiger partial charge >= 0.3 is 0 Å². The van der Waals surface area contributed by atoms with E-state index in [4.69, 9.17) is 4.52 Å². The fourth-order valence-electron chi connectivity index (χ4n) is 2.56. The van der Waals surface area contributed by atoms with E-state index in [1.165, 1.54) is 22.8 Å². The van der Waals surface area contributed by atoms with E-state index in [0.29, 0.717) is 30.9 Å². The molecule has 112 valence electrons. The van der Waals surface area contributed by atoms with Crippen LogP contribution in [0.2, 0.25) is 0 Å². The van der Waals surface area contributed by atoms with Gasteiger partial charge in [-0.3, -0.25) is 0 Å². The lowest BCUT2D eigenvalue weighted by Crippen LogP contribution is -2.29. The van der Waals surface area contributed by atoms with Gasteiger partial charge in [0, 0.05) is 19.0 Å². The zero-order valence-electron chi connectivity index (χ0n) is 11.4. The number of rotatable bonds is 3. The topological polar surface area (TPSA) is 76.3 Å². The Morgan fingerprint density at radius 3 is 2.90 bits per heavy atom. The molecule has 1 unspecified atom stereocenters. The van der Waals surface area contributed by atoms with Crippen LogP contribution < -0.4 is 0 Å². The van der Waals surface area contributed by atoms with Crippen LogP contribution in [0.4, 0.5) is 4.39 Å². The first-order valence-electron chi connectivity index (χ1n) is 6.51. The number of hydrogen-bond donors (Lipinski definition) is 0. The normalized spacial score (nSPS) is 20.0. The Morgan fingerprint density at radius 2 is 2.24 bits per heavy atom. The molecule has 0 bridgehead atoms. The van der Waals surface area contributed by atoms with Crippen LogP contribution in [-0.4, -0.2) is 36.0 Å². The molecule has 1 fully saturated rings. The molecule has 21 heavy (non-hydrogen) atoms. The van der Waals surface area contributed by atoms with Crippen molar-refractivity contribution in [3.63, 3.8) is 0 Å². The predicted molar refractivity (Wildman–Crippen MR) is 71.6 cm³/mol. The molecule has 1 aromatic carbocycles. The second-order valence-corrected chi connectivity index (χ2v) is 6.95. The van der Waals surface area contributed by atoms with Crippen LogP contribution in [0.1, 0.15) is 23.7 Å². The molecule has 0 spiro atoms. The van der Waals surface area contributed by atoms with E-state index in [2.05, 4.69) is 10.1 Å². The van der Waals surface area contributed by atoms with Gasteiger partial charge in [0.25, 0.3) is 0 Å². The van der Waals surface area contributed by atoms with E-state index in [-0.39, 0.29) is 10.8 Å². The zero-order valence-corrected chi connectivity index (χ0v) is 12.2. The first-order chi connectivity index (χ1) is 9.98. The lowest BCUT2D eigenvalue weighted by molar-refractivity contribution is 0.403. The maximum absolute atomic E-state index is 13.1. The summed E-state index contributed by atoms with van der Waals surface area (Å²) in [7, 11) is -3.63. The average Bonchev–Trinajstić information content (AvgIpc) is 3.09. The van der Waals surface area contributed by atoms with Gasteiger partial charge in [-0.05, 0) is 37.1 Å². The third kappa shape index (κ3) is 2.56. The van der Waals surface area contributed by atoms with E-state index in [1.54, 1.807) is 6.92 Å². The molecule has 1 aliphatic heterocycles. The molecule has 2 aromatic rings. The average molecular weight is 311 g/mol. The van der Waals surface area contributed by atoms with Crippen molar-refractivity contribution in [2.45, 2.75) is 24.2 Å². The molecule has 1 atom stereocenters. The number of aromatic nitrogens is 2. The van der Waals surface area contributed by atoms with Crippen LogP contribution >= 0.6 is 0 Å². The van der Waals surface area contributed by atoms with E-state index < -0.39 is 15.8 Å². The Labute approximate surface area is 121 Å². The summed E-state index contributed by atoms with van der Waals surface area (Å²) in [6.07, 6.45) is 1.87. The smallest absolute Gasteiger partial charge is 0.243 e. The van der Waals surface area contributed by atoms with Gasteiger partial charge in [0.15, 0.2) is 5.82 Å². The van der Waals surface area contributed by atoms with Gasteiger partial charge in [-0.15, -0.1) is 0 Å². The Bertz CT molecular complexity index is 746. The Balaban J connectivity index is 1.86. The van der Waals surface area contributed by atoms with Crippen molar-refractivity contribution < 1.29 is 17.3 Å². The summed E-state index contributed by atoms with van der Waals surface area (Å²) in [5.41, 5.74) is 0.401. The van der Waals surface area contributed by atoms with Crippen LogP contribution in [0.5, 0.6) is 0 Å². The molecular weight excluding hydrogens is 297 g/mol. The Morgan fingerprint density at radius 1 is 1.43 bits per heavy atom. The molecule has 0 saturated carbocycles. The summed E-state index contributed by atoms with van der Waals surface area (Å²) >= 11 is 0. The monoisotopic (exact) mass is 311 g/mol. The zero-order chi connectivity index (χ0) is 15.0. The highest BCUT2D eigenvalue weighted by Crippen LogP contribution is 2.30. The van der Waals surface area contributed by atoms with Crippen LogP contribution in [0.25, 0.3) is 0 Å². The molecule has 0 aliphatic carbocycles. The van der Waals surface area contributed by atoms with Gasteiger partial charge in [0.1, 0.15) is 5.82 Å². The maximum Gasteiger partial charge on any atom is 0.243 e. The highest BCUT2D eigenvalue weighted by Gasteiger charge is 2.35. The van der Waals surface area contributed by atoms with Crippen molar-refractivity contribution in [1.82, 2.24) is 14.4 Å². The van der Waals surface area contributed by atoms with Gasteiger partial charge < -0.3 is 4.52 Å². The molecule has 3 rings (SSSR count). The summed E-state index contributed by atoms with van der Waals surface area (Å²) in [5, 5.41) is 3.76. The molecular formula is C13H14FN3O3S. The number of halogens is 1. The summed E-state index contributed by atoms with van der Waals surface area (Å²) in [5.74, 6) is 0.000327. The number of aryl methyl sites for hydroxylation is 1. The van der Waals surface area contributed by atoms with Crippen molar-refractivity contribution in [2.75, 3.05) is 13.1 Å². The largest absolute Gasteiger partial charge is 0.343 e. The van der Waals surface area contributed by atoms with Crippen molar-refractivity contribution in [2.24, 2.45) is 0 Å². The van der Waals surface area contributed by atoms with Gasteiger partial charge in [0.2, 0.25) is 16.4 Å². The SMILES string of the molecule is Cc1cc(F)ccc1S(=O)(=O)N1CCC(c2ncon2)C1. The van der Waals surface area contributed by atoms with Crippen molar-refractivity contribution in [3.8, 4) is 0 Å². The van der Waals surface area contributed by atoms with E-state index >= 15 is 0 Å². The fourth-order valence-corrected chi connectivity index (χ4v) is 4.26. The summed E-state index contributed by atoms with van der Waals surface area (Å²) < 4.78 is 44.4. The molecule has 1 aromatic heterocycles. The summed E-state index contributed by atoms with van der Waals surface area (Å²) in [6, 6.07) is 3.69. The van der Waals surface area contributed by atoms with E-state index in [0.717, 1.165) is 6.07 Å². The number of sulfonamides is 1. The molecule has 0 radical (unpaired) electrons. The predicted octanol–water partition coefficient (Wildman–Crippen LogP) is 1.70. The van der Waals surface area contributed by atoms with Crippen LogP contribution in [0.15, 0.2) is 34.0 Å². The van der Waals surface area contributed by atoms with Crippen molar-refractivity contribution >= 4 is 10.0 Å². The van der Waals surface area contributed by atoms with E-state index in [9.17, 15) is 12.8 Å². The minimum atomic E-state index is -3.63. The minimum Gasteiger partial charge on any atom is -0.343 e. The number of nitrogens with zero attached hydrogens (tertiary/aromatic N) is 3. The van der Waals surface area contributed by atoms with Crippen molar-refractivity contribution in [1.29, 1.82) is 0 Å². The first kappa shape index (κ1) is 14.2. The first-order valence-corrected chi connectivity index (χ1v) is 7.95. The van der Waals surface area contributed by atoms with Crippen LogP contribution in [-0.2, 0) is 10.0 Å². The second-order valence-electron chi connectivity index (χ2n) is 5.05. The number of benzene rings is 1. The summed E-state index contributed by atoms with van der Waals surface area (Å²) in [6.45, 7) is 2.28. The van der Waals surface area contributed by atoms with Gasteiger partial charge in [0.05, 0.1) is 4.90 Å². The molecule has 1 aliphatic rings. The van der Waals surface area contributed by atoms with Crippen LogP contribution in [0.3, 0.4) is 0 Å². The minimum absolute atomic E-state index is 0.0701.